The summed E-state index contributed by atoms with van der Waals surface area (Å²) in [6.07, 6.45) is 0. The van der Waals surface area contributed by atoms with Gasteiger partial charge in [0.05, 0.1) is 5.69 Å². The van der Waals surface area contributed by atoms with Crippen molar-refractivity contribution in [1.82, 2.24) is 9.97 Å². The van der Waals surface area contributed by atoms with E-state index >= 15 is 0 Å². The van der Waals surface area contributed by atoms with Gasteiger partial charge in [0.2, 0.25) is 0 Å². The molecule has 0 amide bonds. The van der Waals surface area contributed by atoms with E-state index < -0.39 is 5.25 Å². The van der Waals surface area contributed by atoms with Crippen molar-refractivity contribution >= 4 is 17.5 Å². The van der Waals surface area contributed by atoms with Crippen LogP contribution in [0.15, 0.2) is 102 Å². The van der Waals surface area contributed by atoms with E-state index in [4.69, 9.17) is 4.98 Å². The summed E-state index contributed by atoms with van der Waals surface area (Å²) >= 11 is 1.40. The van der Waals surface area contributed by atoms with Crippen molar-refractivity contribution in [1.29, 1.82) is 0 Å². The number of carbonyl (C=O) groups is 1. The highest BCUT2D eigenvalue weighted by atomic mass is 32.2. The number of carbonyl (C=O) groups excluding carboxylic acids is 1. The summed E-state index contributed by atoms with van der Waals surface area (Å²) < 4.78 is 0. The Labute approximate surface area is 174 Å². The van der Waals surface area contributed by atoms with E-state index in [9.17, 15) is 4.79 Å². The van der Waals surface area contributed by atoms with Crippen molar-refractivity contribution in [2.75, 3.05) is 0 Å². The number of thioether (sulfide) groups is 1. The number of rotatable bonds is 6. The van der Waals surface area contributed by atoms with Gasteiger partial charge in [-0.3, -0.25) is 4.79 Å². The predicted molar refractivity (Wildman–Crippen MR) is 118 cm³/mol. The van der Waals surface area contributed by atoms with Crippen molar-refractivity contribution in [2.24, 2.45) is 0 Å². The molecule has 3 nitrogen and oxygen atoms in total. The zero-order valence-electron chi connectivity index (χ0n) is 16.0. The summed E-state index contributed by atoms with van der Waals surface area (Å²) in [6.45, 7) is 1.95. The third kappa shape index (κ3) is 4.61. The largest absolute Gasteiger partial charge is 0.293 e. The van der Waals surface area contributed by atoms with Gasteiger partial charge in [0.1, 0.15) is 5.25 Å². The summed E-state index contributed by atoms with van der Waals surface area (Å²) in [5.74, 6) is 0.0492. The molecule has 0 aliphatic heterocycles. The fraction of sp³-hybridized carbons (Fsp3) is 0.0800. The third-order valence-electron chi connectivity index (χ3n) is 4.53. The zero-order valence-corrected chi connectivity index (χ0v) is 16.8. The van der Waals surface area contributed by atoms with Crippen LogP contribution in [-0.2, 0) is 0 Å². The van der Waals surface area contributed by atoms with Crippen molar-refractivity contribution in [3.63, 3.8) is 0 Å². The standard InChI is InChI=1S/C25H20N2OS/c1-18-17-22(19-11-5-2-6-12-19)27-25(26-18)29-24(21-15-9-4-10-16-21)23(28)20-13-7-3-8-14-20/h2-17,24H,1H3/t24-/m1/s1. The van der Waals surface area contributed by atoms with Crippen molar-refractivity contribution in [3.05, 3.63) is 114 Å². The highest BCUT2D eigenvalue weighted by Crippen LogP contribution is 2.37. The number of hydrogen-bond acceptors (Lipinski definition) is 4. The Morgan fingerprint density at radius 1 is 0.793 bits per heavy atom. The molecule has 0 spiro atoms. The SMILES string of the molecule is Cc1cc(-c2ccccc2)nc(S[C@@H](C(=O)c2ccccc2)c2ccccc2)n1. The van der Waals surface area contributed by atoms with Crippen LogP contribution in [0, 0.1) is 6.92 Å². The number of hydrogen-bond donors (Lipinski definition) is 0. The number of Topliss-reactive ketones (excluding diaryl/α,β-unsaturated/α-hetero) is 1. The number of aromatic nitrogens is 2. The molecule has 4 heteroatoms. The second-order valence-corrected chi connectivity index (χ2v) is 7.75. The number of nitrogens with zero attached hydrogens (tertiary/aromatic N) is 2. The molecule has 1 atom stereocenters. The molecule has 4 aromatic rings. The first-order valence-corrected chi connectivity index (χ1v) is 10.3. The minimum atomic E-state index is -0.413. The number of aryl methyl sites for hydroxylation is 1. The maximum Gasteiger partial charge on any atom is 0.189 e. The van der Waals surface area contributed by atoms with Crippen LogP contribution in [0.5, 0.6) is 0 Å². The molecule has 0 N–H and O–H groups in total. The lowest BCUT2D eigenvalue weighted by atomic mass is 10.0. The Bertz CT molecular complexity index is 1100. The Morgan fingerprint density at radius 2 is 1.38 bits per heavy atom. The molecule has 1 aromatic heterocycles. The molecular weight excluding hydrogens is 376 g/mol. The maximum absolute atomic E-state index is 13.3. The van der Waals surface area contributed by atoms with E-state index in [1.54, 1.807) is 0 Å². The highest BCUT2D eigenvalue weighted by Gasteiger charge is 2.24. The van der Waals surface area contributed by atoms with E-state index in [2.05, 4.69) is 4.98 Å². The Balaban J connectivity index is 1.72. The Hall–Kier alpha value is -3.24. The minimum absolute atomic E-state index is 0.0492. The first-order chi connectivity index (χ1) is 14.2. The van der Waals surface area contributed by atoms with Crippen LogP contribution in [0.1, 0.15) is 26.9 Å². The fourth-order valence-corrected chi connectivity index (χ4v) is 4.21. The molecule has 0 saturated heterocycles. The molecule has 0 bridgehead atoms. The topological polar surface area (TPSA) is 42.9 Å². The van der Waals surface area contributed by atoms with E-state index in [1.165, 1.54) is 11.8 Å². The van der Waals surface area contributed by atoms with Crippen LogP contribution in [-0.4, -0.2) is 15.8 Å². The molecule has 0 saturated carbocycles. The van der Waals surface area contributed by atoms with Crippen LogP contribution >= 0.6 is 11.8 Å². The lowest BCUT2D eigenvalue weighted by molar-refractivity contribution is 0.0989. The van der Waals surface area contributed by atoms with Gasteiger partial charge in [-0.25, -0.2) is 9.97 Å². The molecule has 1 heterocycles. The first kappa shape index (κ1) is 19.1. The van der Waals surface area contributed by atoms with Crippen LogP contribution in [0.3, 0.4) is 0 Å². The Morgan fingerprint density at radius 3 is 2.03 bits per heavy atom. The quantitative estimate of drug-likeness (QED) is 0.222. The molecule has 0 radical (unpaired) electrons. The Kier molecular flexibility index (Phi) is 5.82. The van der Waals surface area contributed by atoms with Gasteiger partial charge in [0.15, 0.2) is 10.9 Å². The molecular formula is C25H20N2OS. The van der Waals surface area contributed by atoms with Gasteiger partial charge >= 0.3 is 0 Å². The van der Waals surface area contributed by atoms with Gasteiger partial charge in [-0.05, 0) is 18.6 Å². The molecule has 0 unspecified atom stereocenters. The second-order valence-electron chi connectivity index (χ2n) is 6.68. The van der Waals surface area contributed by atoms with Gasteiger partial charge in [-0.2, -0.15) is 0 Å². The van der Waals surface area contributed by atoms with Crippen molar-refractivity contribution in [3.8, 4) is 11.3 Å². The molecule has 29 heavy (non-hydrogen) atoms. The summed E-state index contributed by atoms with van der Waals surface area (Å²) in [7, 11) is 0. The molecule has 4 rings (SSSR count). The van der Waals surface area contributed by atoms with Gasteiger partial charge in [-0.15, -0.1) is 0 Å². The van der Waals surface area contributed by atoms with Crippen molar-refractivity contribution in [2.45, 2.75) is 17.3 Å². The third-order valence-corrected chi connectivity index (χ3v) is 5.64. The highest BCUT2D eigenvalue weighted by molar-refractivity contribution is 8.00. The fourth-order valence-electron chi connectivity index (χ4n) is 3.11. The number of ketones is 1. The lowest BCUT2D eigenvalue weighted by Gasteiger charge is -2.16. The smallest absolute Gasteiger partial charge is 0.189 e. The zero-order chi connectivity index (χ0) is 20.1. The summed E-state index contributed by atoms with van der Waals surface area (Å²) in [5.41, 5.74) is 4.40. The van der Waals surface area contributed by atoms with Crippen LogP contribution < -0.4 is 0 Å². The van der Waals surface area contributed by atoms with Crippen molar-refractivity contribution < 1.29 is 4.79 Å². The average Bonchev–Trinajstić information content (AvgIpc) is 2.78. The van der Waals surface area contributed by atoms with Gasteiger partial charge < -0.3 is 0 Å². The molecule has 0 aliphatic rings. The second kappa shape index (κ2) is 8.84. The first-order valence-electron chi connectivity index (χ1n) is 9.43. The van der Waals surface area contributed by atoms with Gasteiger partial charge in [0.25, 0.3) is 0 Å². The molecule has 0 aliphatic carbocycles. The normalized spacial score (nSPS) is 11.8. The lowest BCUT2D eigenvalue weighted by Crippen LogP contribution is -2.11. The van der Waals surface area contributed by atoms with Crippen LogP contribution in [0.25, 0.3) is 11.3 Å². The summed E-state index contributed by atoms with van der Waals surface area (Å²) in [5, 5.41) is 0.186. The van der Waals surface area contributed by atoms with Gasteiger partial charge in [-0.1, -0.05) is 103 Å². The number of benzene rings is 3. The minimum Gasteiger partial charge on any atom is -0.293 e. The van der Waals surface area contributed by atoms with E-state index in [0.717, 1.165) is 22.5 Å². The van der Waals surface area contributed by atoms with E-state index in [0.29, 0.717) is 10.7 Å². The monoisotopic (exact) mass is 396 g/mol. The summed E-state index contributed by atoms with van der Waals surface area (Å²) in [6, 6.07) is 31.2. The maximum atomic E-state index is 13.3. The predicted octanol–water partition coefficient (Wildman–Crippen LogP) is 6.17. The van der Waals surface area contributed by atoms with E-state index in [1.807, 2.05) is 104 Å². The van der Waals surface area contributed by atoms with Crippen LogP contribution in [0.4, 0.5) is 0 Å². The molecule has 3 aromatic carbocycles. The molecule has 142 valence electrons. The van der Waals surface area contributed by atoms with E-state index in [-0.39, 0.29) is 5.78 Å². The van der Waals surface area contributed by atoms with Crippen LogP contribution in [0.2, 0.25) is 0 Å². The molecule has 0 fully saturated rings. The van der Waals surface area contributed by atoms with Gasteiger partial charge in [0, 0.05) is 16.8 Å². The average molecular weight is 397 g/mol. The summed E-state index contributed by atoms with van der Waals surface area (Å²) in [4.78, 5) is 22.7.